The Morgan fingerprint density at radius 2 is 1.43 bits per heavy atom. The summed E-state index contributed by atoms with van der Waals surface area (Å²) in [5.74, 6) is 1.61. The van der Waals surface area contributed by atoms with Crippen molar-refractivity contribution < 1.29 is 14.6 Å². The molecular formula is C16H12N2O3. The van der Waals surface area contributed by atoms with Crippen molar-refractivity contribution in [1.29, 1.82) is 0 Å². The van der Waals surface area contributed by atoms with Crippen LogP contribution in [0.1, 0.15) is 0 Å². The average molecular weight is 280 g/mol. The SMILES string of the molecule is Oc1cc(Oc2ccccn2)ccc1Oc1ccccn1. The van der Waals surface area contributed by atoms with Crippen molar-refractivity contribution in [2.24, 2.45) is 0 Å². The zero-order valence-electron chi connectivity index (χ0n) is 11.0. The van der Waals surface area contributed by atoms with Crippen molar-refractivity contribution in [3.63, 3.8) is 0 Å². The van der Waals surface area contributed by atoms with Crippen LogP contribution in [0, 0.1) is 0 Å². The number of hydrogen-bond acceptors (Lipinski definition) is 5. The maximum atomic E-state index is 9.98. The van der Waals surface area contributed by atoms with Gasteiger partial charge in [0.05, 0.1) is 0 Å². The summed E-state index contributed by atoms with van der Waals surface area (Å²) in [4.78, 5) is 8.08. The lowest BCUT2D eigenvalue weighted by molar-refractivity contribution is 0.396. The fourth-order valence-corrected chi connectivity index (χ4v) is 1.70. The summed E-state index contributed by atoms with van der Waals surface area (Å²) in [6.07, 6.45) is 3.25. The third-order valence-electron chi connectivity index (χ3n) is 2.64. The predicted molar refractivity (Wildman–Crippen MR) is 76.7 cm³/mol. The Morgan fingerprint density at radius 3 is 2.00 bits per heavy atom. The second-order valence-electron chi connectivity index (χ2n) is 4.17. The Labute approximate surface area is 121 Å². The first-order chi connectivity index (χ1) is 10.3. The van der Waals surface area contributed by atoms with Gasteiger partial charge in [-0.05, 0) is 24.3 Å². The monoisotopic (exact) mass is 280 g/mol. The minimum absolute atomic E-state index is 0.0333. The van der Waals surface area contributed by atoms with Crippen LogP contribution < -0.4 is 9.47 Å². The number of ether oxygens (including phenoxy) is 2. The van der Waals surface area contributed by atoms with Crippen LogP contribution >= 0.6 is 0 Å². The van der Waals surface area contributed by atoms with Gasteiger partial charge in [-0.15, -0.1) is 0 Å². The topological polar surface area (TPSA) is 64.5 Å². The van der Waals surface area contributed by atoms with Crippen LogP contribution in [0.15, 0.2) is 67.0 Å². The number of phenolic OH excluding ortho intramolecular Hbond substituents is 1. The van der Waals surface area contributed by atoms with Gasteiger partial charge >= 0.3 is 0 Å². The first-order valence-electron chi connectivity index (χ1n) is 6.32. The van der Waals surface area contributed by atoms with Gasteiger partial charge < -0.3 is 14.6 Å². The molecule has 0 saturated carbocycles. The molecule has 21 heavy (non-hydrogen) atoms. The van der Waals surface area contributed by atoms with E-state index in [0.717, 1.165) is 0 Å². The van der Waals surface area contributed by atoms with Gasteiger partial charge in [-0.3, -0.25) is 0 Å². The maximum absolute atomic E-state index is 9.98. The van der Waals surface area contributed by atoms with E-state index in [0.29, 0.717) is 23.3 Å². The van der Waals surface area contributed by atoms with Gasteiger partial charge in [0.15, 0.2) is 11.5 Å². The summed E-state index contributed by atoms with van der Waals surface area (Å²) in [6, 6.07) is 15.4. The van der Waals surface area contributed by atoms with Crippen LogP contribution in [0.25, 0.3) is 0 Å². The molecule has 5 heteroatoms. The molecule has 0 aliphatic heterocycles. The smallest absolute Gasteiger partial charge is 0.219 e. The molecule has 0 saturated heterocycles. The summed E-state index contributed by atoms with van der Waals surface area (Å²) < 4.78 is 11.0. The Kier molecular flexibility index (Phi) is 3.64. The molecule has 0 bridgehead atoms. The minimum Gasteiger partial charge on any atom is -0.504 e. The zero-order chi connectivity index (χ0) is 14.5. The van der Waals surface area contributed by atoms with Crippen molar-refractivity contribution in [3.8, 4) is 29.0 Å². The van der Waals surface area contributed by atoms with Crippen molar-refractivity contribution in [2.75, 3.05) is 0 Å². The van der Waals surface area contributed by atoms with E-state index in [9.17, 15) is 5.11 Å². The van der Waals surface area contributed by atoms with Gasteiger partial charge in [0.25, 0.3) is 0 Å². The molecule has 0 aliphatic rings. The number of rotatable bonds is 4. The molecule has 5 nitrogen and oxygen atoms in total. The number of benzene rings is 1. The summed E-state index contributed by atoms with van der Waals surface area (Å²) in [7, 11) is 0. The fraction of sp³-hybridized carbons (Fsp3) is 0. The van der Waals surface area contributed by atoms with E-state index < -0.39 is 0 Å². The number of aromatic nitrogens is 2. The van der Waals surface area contributed by atoms with Crippen LogP contribution in [-0.2, 0) is 0 Å². The van der Waals surface area contributed by atoms with Crippen LogP contribution in [0.5, 0.6) is 29.0 Å². The second kappa shape index (κ2) is 5.92. The van der Waals surface area contributed by atoms with E-state index >= 15 is 0 Å². The zero-order valence-corrected chi connectivity index (χ0v) is 11.0. The third kappa shape index (κ3) is 3.27. The summed E-state index contributed by atoms with van der Waals surface area (Å²) in [6.45, 7) is 0. The van der Waals surface area contributed by atoms with Gasteiger partial charge in [-0.2, -0.15) is 0 Å². The van der Waals surface area contributed by atoms with Gasteiger partial charge in [-0.25, -0.2) is 9.97 Å². The second-order valence-corrected chi connectivity index (χ2v) is 4.17. The Balaban J connectivity index is 1.77. The minimum atomic E-state index is -0.0333. The molecule has 3 aromatic rings. The molecule has 1 N–H and O–H groups in total. The lowest BCUT2D eigenvalue weighted by Gasteiger charge is -2.09. The summed E-state index contributed by atoms with van der Waals surface area (Å²) >= 11 is 0. The van der Waals surface area contributed by atoms with E-state index in [-0.39, 0.29) is 5.75 Å². The first kappa shape index (κ1) is 12.9. The molecule has 0 radical (unpaired) electrons. The standard InChI is InChI=1S/C16H12N2O3/c19-13-11-12(20-15-5-1-3-9-17-15)7-8-14(13)21-16-6-2-4-10-18-16/h1-11,19H. The Hall–Kier alpha value is -3.08. The Morgan fingerprint density at radius 1 is 0.762 bits per heavy atom. The van der Waals surface area contributed by atoms with Crippen molar-refractivity contribution in [1.82, 2.24) is 9.97 Å². The highest BCUT2D eigenvalue weighted by Crippen LogP contribution is 2.34. The average Bonchev–Trinajstić information content (AvgIpc) is 2.52. The van der Waals surface area contributed by atoms with Crippen LogP contribution in [0.3, 0.4) is 0 Å². The number of hydrogen-bond donors (Lipinski definition) is 1. The van der Waals surface area contributed by atoms with E-state index in [4.69, 9.17) is 9.47 Å². The van der Waals surface area contributed by atoms with Crippen LogP contribution in [-0.4, -0.2) is 15.1 Å². The van der Waals surface area contributed by atoms with Crippen molar-refractivity contribution in [2.45, 2.75) is 0 Å². The molecular weight excluding hydrogens is 268 g/mol. The highest BCUT2D eigenvalue weighted by molar-refractivity contribution is 5.46. The van der Waals surface area contributed by atoms with Crippen molar-refractivity contribution in [3.05, 3.63) is 67.0 Å². The molecule has 0 atom stereocenters. The molecule has 0 amide bonds. The molecule has 2 heterocycles. The molecule has 0 fully saturated rings. The molecule has 0 aliphatic carbocycles. The third-order valence-corrected chi connectivity index (χ3v) is 2.64. The maximum Gasteiger partial charge on any atom is 0.219 e. The van der Waals surface area contributed by atoms with Crippen LogP contribution in [0.4, 0.5) is 0 Å². The molecule has 1 aromatic carbocycles. The van der Waals surface area contributed by atoms with Gasteiger partial charge in [0.1, 0.15) is 5.75 Å². The molecule has 0 spiro atoms. The largest absolute Gasteiger partial charge is 0.504 e. The van der Waals surface area contributed by atoms with Gasteiger partial charge in [0, 0.05) is 30.6 Å². The molecule has 0 unspecified atom stereocenters. The quantitative estimate of drug-likeness (QED) is 0.788. The lowest BCUT2D eigenvalue weighted by Crippen LogP contribution is -1.89. The fourth-order valence-electron chi connectivity index (χ4n) is 1.70. The van der Waals surface area contributed by atoms with Crippen molar-refractivity contribution >= 4 is 0 Å². The summed E-state index contributed by atoms with van der Waals surface area (Å²) in [5, 5.41) is 9.98. The number of nitrogens with zero attached hydrogens (tertiary/aromatic N) is 2. The first-order valence-corrected chi connectivity index (χ1v) is 6.32. The van der Waals surface area contributed by atoms with E-state index in [1.54, 1.807) is 54.9 Å². The normalized spacial score (nSPS) is 10.1. The van der Waals surface area contributed by atoms with E-state index in [1.807, 2.05) is 6.07 Å². The number of phenols is 1. The van der Waals surface area contributed by atoms with Crippen LogP contribution in [0.2, 0.25) is 0 Å². The molecule has 3 rings (SSSR count). The molecule has 2 aromatic heterocycles. The van der Waals surface area contributed by atoms with E-state index in [1.165, 1.54) is 6.07 Å². The van der Waals surface area contributed by atoms with Gasteiger partial charge in [0.2, 0.25) is 11.8 Å². The highest BCUT2D eigenvalue weighted by atomic mass is 16.5. The number of aromatic hydroxyl groups is 1. The number of pyridine rings is 2. The predicted octanol–water partition coefficient (Wildman–Crippen LogP) is 3.77. The lowest BCUT2D eigenvalue weighted by atomic mass is 10.3. The van der Waals surface area contributed by atoms with E-state index in [2.05, 4.69) is 9.97 Å². The Bertz CT molecular complexity index is 718. The molecule has 104 valence electrons. The van der Waals surface area contributed by atoms with Gasteiger partial charge in [-0.1, -0.05) is 12.1 Å². The highest BCUT2D eigenvalue weighted by Gasteiger charge is 2.07. The summed E-state index contributed by atoms with van der Waals surface area (Å²) in [5.41, 5.74) is 0.